The lowest BCUT2D eigenvalue weighted by Crippen LogP contribution is -2.39. The predicted octanol–water partition coefficient (Wildman–Crippen LogP) is 3.59. The van der Waals surface area contributed by atoms with Crippen LogP contribution in [0.3, 0.4) is 0 Å². The first-order valence-electron chi connectivity index (χ1n) is 8.87. The number of ether oxygens (including phenoxy) is 2. The van der Waals surface area contributed by atoms with E-state index in [2.05, 4.69) is 17.0 Å². The Balaban J connectivity index is 1.98. The first-order chi connectivity index (χ1) is 12.6. The van der Waals surface area contributed by atoms with Crippen LogP contribution in [0.1, 0.15) is 30.0 Å². The smallest absolute Gasteiger partial charge is 0.306 e. The number of para-hydroxylation sites is 1. The summed E-state index contributed by atoms with van der Waals surface area (Å²) in [5.41, 5.74) is 2.19. The van der Waals surface area contributed by atoms with E-state index < -0.39 is 5.97 Å². The van der Waals surface area contributed by atoms with Crippen molar-refractivity contribution < 1.29 is 19.4 Å². The van der Waals surface area contributed by atoms with E-state index in [9.17, 15) is 9.90 Å². The fourth-order valence-electron chi connectivity index (χ4n) is 3.70. The molecule has 26 heavy (non-hydrogen) atoms. The van der Waals surface area contributed by atoms with Gasteiger partial charge in [-0.25, -0.2) is 0 Å². The van der Waals surface area contributed by atoms with E-state index in [0.717, 1.165) is 35.7 Å². The molecule has 1 heterocycles. The monoisotopic (exact) mass is 355 g/mol. The number of likely N-dealkylation sites (tertiary alicyclic amines) is 1. The quantitative estimate of drug-likeness (QED) is 0.858. The van der Waals surface area contributed by atoms with Crippen molar-refractivity contribution in [2.75, 3.05) is 27.3 Å². The topological polar surface area (TPSA) is 59.0 Å². The lowest BCUT2D eigenvalue weighted by Gasteiger charge is -2.37. The molecule has 1 fully saturated rings. The maximum Gasteiger partial charge on any atom is 0.306 e. The molecule has 0 aliphatic carbocycles. The summed E-state index contributed by atoms with van der Waals surface area (Å²) in [5, 5.41) is 9.29. The van der Waals surface area contributed by atoms with Gasteiger partial charge in [-0.15, -0.1) is 0 Å². The molecule has 1 atom stereocenters. The molecule has 1 N–H and O–H groups in total. The average Bonchev–Trinajstić information content (AvgIpc) is 2.69. The van der Waals surface area contributed by atoms with Gasteiger partial charge >= 0.3 is 5.97 Å². The summed E-state index contributed by atoms with van der Waals surface area (Å²) < 4.78 is 11.0. The Kier molecular flexibility index (Phi) is 5.78. The minimum absolute atomic E-state index is 0.00371. The molecule has 1 unspecified atom stereocenters. The first-order valence-corrected chi connectivity index (χ1v) is 8.87. The Morgan fingerprint density at radius 3 is 2.46 bits per heavy atom. The van der Waals surface area contributed by atoms with Crippen molar-refractivity contribution in [1.29, 1.82) is 0 Å². The van der Waals surface area contributed by atoms with Gasteiger partial charge < -0.3 is 14.6 Å². The van der Waals surface area contributed by atoms with Gasteiger partial charge in [-0.2, -0.15) is 0 Å². The van der Waals surface area contributed by atoms with Gasteiger partial charge in [0.05, 0.1) is 26.2 Å². The Hall–Kier alpha value is -2.53. The molecule has 2 aromatic rings. The molecule has 0 spiro atoms. The van der Waals surface area contributed by atoms with Crippen molar-refractivity contribution in [3.63, 3.8) is 0 Å². The summed E-state index contributed by atoms with van der Waals surface area (Å²) in [7, 11) is 3.34. The van der Waals surface area contributed by atoms with Gasteiger partial charge in [0.1, 0.15) is 11.5 Å². The number of carbonyl (C=O) groups is 1. The van der Waals surface area contributed by atoms with Gasteiger partial charge in [-0.1, -0.05) is 30.3 Å². The maximum atomic E-state index is 11.3. The van der Waals surface area contributed by atoms with E-state index in [1.165, 1.54) is 0 Å². The summed E-state index contributed by atoms with van der Waals surface area (Å²) in [6, 6.07) is 16.1. The van der Waals surface area contributed by atoms with Crippen LogP contribution in [0.2, 0.25) is 0 Å². The highest BCUT2D eigenvalue weighted by Gasteiger charge is 2.31. The molecule has 1 saturated heterocycles. The summed E-state index contributed by atoms with van der Waals surface area (Å²) >= 11 is 0. The molecule has 3 rings (SSSR count). The molecule has 0 amide bonds. The molecule has 1 aliphatic heterocycles. The number of hydrogen-bond donors (Lipinski definition) is 1. The summed E-state index contributed by atoms with van der Waals surface area (Å²) in [5.74, 6) is 0.693. The van der Waals surface area contributed by atoms with Gasteiger partial charge in [0.25, 0.3) is 0 Å². The Morgan fingerprint density at radius 1 is 1.08 bits per heavy atom. The van der Waals surface area contributed by atoms with Crippen LogP contribution >= 0.6 is 0 Å². The Morgan fingerprint density at radius 2 is 1.81 bits per heavy atom. The molecule has 138 valence electrons. The summed E-state index contributed by atoms with van der Waals surface area (Å²) in [6.45, 7) is 1.47. The fraction of sp³-hybridized carbons (Fsp3) is 0.381. The van der Waals surface area contributed by atoms with E-state index in [1.807, 2.05) is 36.4 Å². The molecule has 0 bridgehead atoms. The van der Waals surface area contributed by atoms with Crippen LogP contribution in [-0.4, -0.2) is 43.3 Å². The molecule has 5 heteroatoms. The number of rotatable bonds is 6. The van der Waals surface area contributed by atoms with Crippen molar-refractivity contribution >= 4 is 5.97 Å². The second-order valence-electron chi connectivity index (χ2n) is 6.57. The SMILES string of the molecule is COc1cccc(C(c2ccccc2OC)N2CCC(C(=O)O)CC2)c1. The second-order valence-corrected chi connectivity index (χ2v) is 6.57. The number of hydrogen-bond acceptors (Lipinski definition) is 4. The minimum Gasteiger partial charge on any atom is -0.497 e. The van der Waals surface area contributed by atoms with Crippen molar-refractivity contribution in [1.82, 2.24) is 4.90 Å². The first kappa shape index (κ1) is 18.3. The van der Waals surface area contributed by atoms with Gasteiger partial charge in [-0.05, 0) is 49.7 Å². The van der Waals surface area contributed by atoms with E-state index in [0.29, 0.717) is 12.8 Å². The number of carboxylic acids is 1. The third-order valence-electron chi connectivity index (χ3n) is 5.09. The van der Waals surface area contributed by atoms with E-state index in [4.69, 9.17) is 9.47 Å². The normalized spacial score (nSPS) is 16.8. The highest BCUT2D eigenvalue weighted by molar-refractivity contribution is 5.70. The standard InChI is InChI=1S/C21H25NO4/c1-25-17-7-5-6-16(14-17)20(18-8-3-4-9-19(18)26-2)22-12-10-15(11-13-22)21(23)24/h3-9,14-15,20H,10-13H2,1-2H3,(H,23,24). The zero-order chi connectivity index (χ0) is 18.5. The van der Waals surface area contributed by atoms with Crippen LogP contribution in [0, 0.1) is 5.92 Å². The van der Waals surface area contributed by atoms with Crippen LogP contribution in [0.5, 0.6) is 11.5 Å². The third kappa shape index (κ3) is 3.83. The van der Waals surface area contributed by atoms with E-state index >= 15 is 0 Å². The molecule has 2 aromatic carbocycles. The van der Waals surface area contributed by atoms with E-state index in [-0.39, 0.29) is 12.0 Å². The summed E-state index contributed by atoms with van der Waals surface area (Å²) in [4.78, 5) is 13.6. The largest absolute Gasteiger partial charge is 0.497 e. The Labute approximate surface area is 154 Å². The highest BCUT2D eigenvalue weighted by atomic mass is 16.5. The zero-order valence-electron chi connectivity index (χ0n) is 15.2. The number of nitrogens with zero attached hydrogens (tertiary/aromatic N) is 1. The third-order valence-corrected chi connectivity index (χ3v) is 5.09. The van der Waals surface area contributed by atoms with Gasteiger partial charge in [0, 0.05) is 5.56 Å². The number of benzene rings is 2. The number of methoxy groups -OCH3 is 2. The van der Waals surface area contributed by atoms with Crippen LogP contribution in [-0.2, 0) is 4.79 Å². The maximum absolute atomic E-state index is 11.3. The van der Waals surface area contributed by atoms with Crippen molar-refractivity contribution in [2.24, 2.45) is 5.92 Å². The van der Waals surface area contributed by atoms with Crippen molar-refractivity contribution in [3.05, 3.63) is 59.7 Å². The zero-order valence-corrected chi connectivity index (χ0v) is 15.2. The van der Waals surface area contributed by atoms with Crippen LogP contribution in [0.15, 0.2) is 48.5 Å². The van der Waals surface area contributed by atoms with E-state index in [1.54, 1.807) is 14.2 Å². The average molecular weight is 355 g/mol. The number of aliphatic carboxylic acids is 1. The number of carboxylic acid groups (broad SMARTS) is 1. The highest BCUT2D eigenvalue weighted by Crippen LogP contribution is 2.37. The van der Waals surface area contributed by atoms with Gasteiger partial charge in [-0.3, -0.25) is 9.69 Å². The van der Waals surface area contributed by atoms with Gasteiger partial charge in [0.15, 0.2) is 0 Å². The van der Waals surface area contributed by atoms with Crippen molar-refractivity contribution in [3.8, 4) is 11.5 Å². The fourth-order valence-corrected chi connectivity index (χ4v) is 3.70. The molecule has 0 aromatic heterocycles. The van der Waals surface area contributed by atoms with Gasteiger partial charge in [0.2, 0.25) is 0 Å². The molecule has 0 radical (unpaired) electrons. The number of piperidine rings is 1. The van der Waals surface area contributed by atoms with Crippen LogP contribution in [0.4, 0.5) is 0 Å². The molecule has 1 aliphatic rings. The molecular weight excluding hydrogens is 330 g/mol. The predicted molar refractivity (Wildman–Crippen MR) is 99.8 cm³/mol. The van der Waals surface area contributed by atoms with Crippen LogP contribution in [0.25, 0.3) is 0 Å². The minimum atomic E-state index is -0.695. The molecule has 0 saturated carbocycles. The molecule has 5 nitrogen and oxygen atoms in total. The van der Waals surface area contributed by atoms with Crippen molar-refractivity contribution in [2.45, 2.75) is 18.9 Å². The second kappa shape index (κ2) is 8.23. The summed E-state index contributed by atoms with van der Waals surface area (Å²) in [6.07, 6.45) is 1.32. The Bertz CT molecular complexity index is 753. The lowest BCUT2D eigenvalue weighted by molar-refractivity contribution is -0.143. The lowest BCUT2D eigenvalue weighted by atomic mass is 9.91. The molecular formula is C21H25NO4. The van der Waals surface area contributed by atoms with Crippen LogP contribution < -0.4 is 9.47 Å².